The van der Waals surface area contributed by atoms with E-state index in [1.54, 1.807) is 27.6 Å². The molecule has 39 heavy (non-hydrogen) atoms. The third kappa shape index (κ3) is 4.88. The van der Waals surface area contributed by atoms with Gasteiger partial charge in [0, 0.05) is 48.9 Å². The van der Waals surface area contributed by atoms with Gasteiger partial charge in [0.1, 0.15) is 12.6 Å². The number of hydrogen-bond donors (Lipinski definition) is 1. The Bertz CT molecular complexity index is 1110. The maximum Gasteiger partial charge on any atom is 0.311 e. The lowest BCUT2D eigenvalue weighted by molar-refractivity contribution is -0.154. The van der Waals surface area contributed by atoms with Crippen molar-refractivity contribution in [3.05, 3.63) is 49.6 Å². The minimum absolute atomic E-state index is 0.0805. The zero-order valence-corrected chi connectivity index (χ0v) is 24.1. The molecule has 3 aliphatic heterocycles. The van der Waals surface area contributed by atoms with Crippen molar-refractivity contribution in [1.82, 2.24) is 4.90 Å². The molecule has 1 N–H and O–H groups in total. The number of fused-ring (bicyclic) bond motifs is 1. The van der Waals surface area contributed by atoms with Crippen molar-refractivity contribution in [3.8, 4) is 0 Å². The predicted molar refractivity (Wildman–Crippen MR) is 156 cm³/mol. The first kappa shape index (κ1) is 29.2. The lowest BCUT2D eigenvalue weighted by Gasteiger charge is -2.37. The van der Waals surface area contributed by atoms with E-state index in [0.29, 0.717) is 19.3 Å². The fourth-order valence-corrected chi connectivity index (χ4v) is 9.15. The van der Waals surface area contributed by atoms with Crippen LogP contribution in [0.5, 0.6) is 0 Å². The van der Waals surface area contributed by atoms with E-state index in [2.05, 4.69) is 31.9 Å². The number of benzene rings is 1. The molecule has 1 spiro atoms. The van der Waals surface area contributed by atoms with Gasteiger partial charge >= 0.3 is 5.97 Å². The van der Waals surface area contributed by atoms with Gasteiger partial charge in [-0.2, -0.15) is 0 Å². The Morgan fingerprint density at radius 2 is 1.82 bits per heavy atom. The molecule has 0 radical (unpaired) electrons. The molecule has 3 aliphatic rings. The highest BCUT2D eigenvalue weighted by atomic mass is 32.2. The van der Waals surface area contributed by atoms with E-state index in [1.165, 1.54) is 6.08 Å². The third-order valence-corrected chi connectivity index (χ3v) is 10.5. The summed E-state index contributed by atoms with van der Waals surface area (Å²) in [5.74, 6) is -2.08. The van der Waals surface area contributed by atoms with Crippen molar-refractivity contribution >= 4 is 40.9 Å². The van der Waals surface area contributed by atoms with Gasteiger partial charge in [-0.05, 0) is 64.3 Å². The van der Waals surface area contributed by atoms with Crippen LogP contribution in [0.3, 0.4) is 0 Å². The molecule has 3 saturated heterocycles. The Kier molecular flexibility index (Phi) is 8.81. The summed E-state index contributed by atoms with van der Waals surface area (Å²) in [4.78, 5) is 47.4. The summed E-state index contributed by atoms with van der Waals surface area (Å²) in [5, 5.41) is 9.59. The average molecular weight is 556 g/mol. The van der Waals surface area contributed by atoms with Crippen LogP contribution in [-0.2, 0) is 19.1 Å². The van der Waals surface area contributed by atoms with E-state index in [0.717, 1.165) is 24.5 Å². The molecule has 9 heteroatoms. The van der Waals surface area contributed by atoms with Crippen molar-refractivity contribution < 1.29 is 24.2 Å². The van der Waals surface area contributed by atoms with Crippen LogP contribution in [0.4, 0.5) is 11.4 Å². The number of amides is 2. The van der Waals surface area contributed by atoms with Crippen LogP contribution >= 0.6 is 11.8 Å². The quantitative estimate of drug-likeness (QED) is 0.294. The lowest BCUT2D eigenvalue weighted by atomic mass is 9.66. The van der Waals surface area contributed by atoms with E-state index < -0.39 is 33.3 Å². The SMILES string of the molecule is C=CCOC(=O)[C@@H]1[C@H]2C(=O)N(CCCO)C(C(=O)N(CC=C)c3ccc(N(CC)CC)cc3)C23CC[C@@]1(C)S3. The van der Waals surface area contributed by atoms with Gasteiger partial charge in [-0.1, -0.05) is 18.7 Å². The van der Waals surface area contributed by atoms with Crippen LogP contribution in [0, 0.1) is 11.8 Å². The first-order chi connectivity index (χ1) is 18.7. The Morgan fingerprint density at radius 1 is 1.15 bits per heavy atom. The van der Waals surface area contributed by atoms with Crippen molar-refractivity contribution in [2.45, 2.75) is 55.6 Å². The largest absolute Gasteiger partial charge is 0.461 e. The number of likely N-dealkylation sites (tertiary alicyclic amines) is 1. The second-order valence-electron chi connectivity index (χ2n) is 10.7. The smallest absolute Gasteiger partial charge is 0.311 e. The molecule has 2 amide bonds. The number of hydrogen-bond acceptors (Lipinski definition) is 7. The zero-order valence-electron chi connectivity index (χ0n) is 23.3. The number of aliphatic hydroxyl groups is 1. The van der Waals surface area contributed by atoms with E-state index in [9.17, 15) is 19.5 Å². The molecule has 2 unspecified atom stereocenters. The summed E-state index contributed by atoms with van der Waals surface area (Å²) >= 11 is 1.61. The van der Waals surface area contributed by atoms with Crippen LogP contribution in [0.1, 0.15) is 40.0 Å². The number of carbonyl (C=O) groups is 3. The van der Waals surface area contributed by atoms with Crippen molar-refractivity contribution in [3.63, 3.8) is 0 Å². The number of thioether (sulfide) groups is 1. The number of anilines is 2. The summed E-state index contributed by atoms with van der Waals surface area (Å²) in [6.45, 7) is 16.0. The molecular weight excluding hydrogens is 514 g/mol. The molecule has 3 heterocycles. The molecule has 3 fully saturated rings. The molecule has 1 aromatic rings. The Hall–Kier alpha value is -2.78. The summed E-state index contributed by atoms with van der Waals surface area (Å²) in [6.07, 6.45) is 4.94. The molecule has 0 saturated carbocycles. The lowest BCUT2D eigenvalue weighted by Crippen LogP contribution is -2.55. The average Bonchev–Trinajstić information content (AvgIpc) is 3.50. The highest BCUT2D eigenvalue weighted by Crippen LogP contribution is 2.71. The Labute approximate surface area is 236 Å². The molecule has 4 rings (SSSR count). The number of nitrogens with zero attached hydrogens (tertiary/aromatic N) is 3. The molecule has 1 aromatic carbocycles. The first-order valence-electron chi connectivity index (χ1n) is 13.9. The maximum absolute atomic E-state index is 14.5. The highest BCUT2D eigenvalue weighted by molar-refractivity contribution is 8.02. The molecule has 0 aliphatic carbocycles. The van der Waals surface area contributed by atoms with Gasteiger partial charge in [0.25, 0.3) is 5.91 Å². The minimum atomic E-state index is -0.756. The van der Waals surface area contributed by atoms with E-state index in [1.807, 2.05) is 31.2 Å². The van der Waals surface area contributed by atoms with Gasteiger partial charge in [-0.15, -0.1) is 18.3 Å². The van der Waals surface area contributed by atoms with Crippen LogP contribution in [-0.4, -0.2) is 82.7 Å². The van der Waals surface area contributed by atoms with Gasteiger partial charge in [0.2, 0.25) is 5.91 Å². The second kappa shape index (κ2) is 11.8. The maximum atomic E-state index is 14.5. The third-order valence-electron chi connectivity index (χ3n) is 8.53. The number of rotatable bonds is 13. The fraction of sp³-hybridized carbons (Fsp3) is 0.567. The van der Waals surface area contributed by atoms with Gasteiger partial charge < -0.3 is 24.5 Å². The molecule has 0 aromatic heterocycles. The second-order valence-corrected chi connectivity index (χ2v) is 12.6. The van der Waals surface area contributed by atoms with Gasteiger partial charge in [-0.3, -0.25) is 14.4 Å². The van der Waals surface area contributed by atoms with Crippen molar-refractivity contribution in [1.29, 1.82) is 0 Å². The van der Waals surface area contributed by atoms with E-state index in [4.69, 9.17) is 4.74 Å². The van der Waals surface area contributed by atoms with Crippen LogP contribution < -0.4 is 9.80 Å². The highest BCUT2D eigenvalue weighted by Gasteiger charge is 2.77. The predicted octanol–water partition coefficient (Wildman–Crippen LogP) is 3.64. The fourth-order valence-electron chi connectivity index (χ4n) is 6.81. The Balaban J connectivity index is 1.74. The molecule has 2 bridgehead atoms. The van der Waals surface area contributed by atoms with E-state index >= 15 is 0 Å². The summed E-state index contributed by atoms with van der Waals surface area (Å²) < 4.78 is 4.24. The molecule has 212 valence electrons. The van der Waals surface area contributed by atoms with Gasteiger partial charge in [-0.25, -0.2) is 0 Å². The number of esters is 1. The summed E-state index contributed by atoms with van der Waals surface area (Å²) in [5.41, 5.74) is 1.81. The normalized spacial score (nSPS) is 28.8. The monoisotopic (exact) mass is 555 g/mol. The summed E-state index contributed by atoms with van der Waals surface area (Å²) in [6, 6.07) is 7.15. The van der Waals surface area contributed by atoms with E-state index in [-0.39, 0.29) is 38.1 Å². The Morgan fingerprint density at radius 3 is 2.41 bits per heavy atom. The van der Waals surface area contributed by atoms with Crippen molar-refractivity contribution in [2.24, 2.45) is 11.8 Å². The number of carbonyl (C=O) groups excluding carboxylic acids is 3. The molecule has 5 atom stereocenters. The summed E-state index contributed by atoms with van der Waals surface area (Å²) in [7, 11) is 0. The van der Waals surface area contributed by atoms with Gasteiger partial charge in [0.15, 0.2) is 0 Å². The first-order valence-corrected chi connectivity index (χ1v) is 14.7. The topological polar surface area (TPSA) is 90.4 Å². The zero-order chi connectivity index (χ0) is 28.4. The standard InChI is InChI=1S/C30H41N3O5S/c1-6-17-32(22-13-11-21(12-14-22)31(8-3)9-4)27(36)25-30-16-15-29(5,39-30)24(28(37)38-20-7-2)23(30)26(35)33(25)18-10-19-34/h6-7,11-14,23-25,34H,1-2,8-10,15-20H2,3-5H3/t23-,24-,25?,29+,30?/m0/s1. The molecule has 8 nitrogen and oxygen atoms in total. The van der Waals surface area contributed by atoms with Crippen LogP contribution in [0.25, 0.3) is 0 Å². The van der Waals surface area contributed by atoms with Crippen LogP contribution in [0.15, 0.2) is 49.6 Å². The van der Waals surface area contributed by atoms with Gasteiger partial charge in [0.05, 0.1) is 16.6 Å². The number of ether oxygens (including phenoxy) is 1. The number of aliphatic hydroxyl groups excluding tert-OH is 1. The van der Waals surface area contributed by atoms with Crippen LogP contribution in [0.2, 0.25) is 0 Å². The minimum Gasteiger partial charge on any atom is -0.461 e. The molecular formula is C30H41N3O5S. The van der Waals surface area contributed by atoms with Crippen molar-refractivity contribution in [2.75, 3.05) is 49.2 Å².